The minimum absolute atomic E-state index is 0.0374. The van der Waals surface area contributed by atoms with Crippen LogP contribution in [0.25, 0.3) is 0 Å². The molecule has 23 heteroatoms. The van der Waals surface area contributed by atoms with Crippen molar-refractivity contribution in [2.24, 2.45) is 45.3 Å². The molecule has 77 heavy (non-hydrogen) atoms. The van der Waals surface area contributed by atoms with Crippen molar-refractivity contribution in [1.29, 1.82) is 0 Å². The number of hydrogen-bond acceptors (Lipinski definition) is 23. The van der Waals surface area contributed by atoms with Gasteiger partial charge in [0, 0.05) is 0 Å². The first-order valence-corrected chi connectivity index (χ1v) is 27.9. The molecule has 4 heterocycles. The van der Waals surface area contributed by atoms with Crippen LogP contribution in [0.4, 0.5) is 0 Å². The highest BCUT2D eigenvalue weighted by Crippen LogP contribution is 2.76. The molecule has 0 aromatic heterocycles. The first-order valence-electron chi connectivity index (χ1n) is 27.9. The van der Waals surface area contributed by atoms with Crippen molar-refractivity contribution in [3.63, 3.8) is 0 Å². The van der Waals surface area contributed by atoms with E-state index in [0.717, 1.165) is 24.8 Å². The van der Waals surface area contributed by atoms with Crippen LogP contribution in [0, 0.1) is 45.3 Å². The topological polar surface area (TPSA) is 377 Å². The molecule has 6 unspecified atom stereocenters. The largest absolute Gasteiger partial charge is 0.394 e. The zero-order valence-electron chi connectivity index (χ0n) is 45.8. The Hall–Kier alpha value is -1.18. The van der Waals surface area contributed by atoms with Gasteiger partial charge in [0.15, 0.2) is 25.2 Å². The third kappa shape index (κ3) is 10.9. The maximum absolute atomic E-state index is 12.8. The second-order valence-electron chi connectivity index (χ2n) is 25.7. The van der Waals surface area contributed by atoms with Crippen LogP contribution in [0.5, 0.6) is 0 Å². The molecule has 8 fully saturated rings. The Balaban J connectivity index is 1.01. The summed E-state index contributed by atoms with van der Waals surface area (Å²) in [5.41, 5.74) is -1.59. The van der Waals surface area contributed by atoms with Gasteiger partial charge < -0.3 is 114 Å². The Morgan fingerprint density at radius 3 is 1.64 bits per heavy atom. The smallest absolute Gasteiger partial charge is 0.187 e. The summed E-state index contributed by atoms with van der Waals surface area (Å²) < 4.78 is 48.9. The Morgan fingerprint density at radius 2 is 1.05 bits per heavy atom. The second kappa shape index (κ2) is 23.5. The average molecular weight is 1110 g/mol. The van der Waals surface area contributed by atoms with Gasteiger partial charge in [-0.3, -0.25) is 0 Å². The molecule has 8 aliphatic rings. The summed E-state index contributed by atoms with van der Waals surface area (Å²) in [6.45, 7) is 14.6. The van der Waals surface area contributed by atoms with Crippen molar-refractivity contribution in [2.75, 3.05) is 26.4 Å². The molecule has 0 aromatic rings. The highest BCUT2D eigenvalue weighted by atomic mass is 16.8. The van der Waals surface area contributed by atoms with E-state index < -0.39 is 178 Å². The van der Waals surface area contributed by atoms with Crippen molar-refractivity contribution < 1.29 is 114 Å². The molecule has 23 nitrogen and oxygen atoms in total. The number of rotatable bonds is 16. The van der Waals surface area contributed by atoms with Crippen LogP contribution in [0.3, 0.4) is 0 Å². The summed E-state index contributed by atoms with van der Waals surface area (Å²) in [5.74, 6) is -0.475. The van der Waals surface area contributed by atoms with Gasteiger partial charge in [0.2, 0.25) is 0 Å². The predicted octanol–water partition coefficient (Wildman–Crippen LogP) is -2.20. The summed E-state index contributed by atoms with van der Waals surface area (Å²) >= 11 is 0. The van der Waals surface area contributed by atoms with E-state index >= 15 is 0 Å². The molecular weight excluding hydrogens is 1020 g/mol. The molecule has 4 aliphatic carbocycles. The lowest BCUT2D eigenvalue weighted by Gasteiger charge is -2.71. The molecule has 0 radical (unpaired) electrons. The quantitative estimate of drug-likeness (QED) is 0.0576. The fourth-order valence-electron chi connectivity index (χ4n) is 16.3. The summed E-state index contributed by atoms with van der Waals surface area (Å²) in [5, 5.41) is 162. The molecule has 4 saturated heterocycles. The van der Waals surface area contributed by atoms with Crippen LogP contribution >= 0.6 is 0 Å². The molecule has 446 valence electrons. The number of ether oxygens (including phenoxy) is 8. The van der Waals surface area contributed by atoms with Gasteiger partial charge in [-0.05, 0) is 124 Å². The minimum Gasteiger partial charge on any atom is -0.394 e. The van der Waals surface area contributed by atoms with Gasteiger partial charge in [-0.1, -0.05) is 46.3 Å². The highest BCUT2D eigenvalue weighted by Gasteiger charge is 2.72. The van der Waals surface area contributed by atoms with Gasteiger partial charge in [-0.15, -0.1) is 0 Å². The Kier molecular flexibility index (Phi) is 18.9. The summed E-state index contributed by atoms with van der Waals surface area (Å²) in [6, 6.07) is 0. The summed E-state index contributed by atoms with van der Waals surface area (Å²) in [6.07, 6.45) is -25.2. The monoisotopic (exact) mass is 1110 g/mol. The molecule has 0 spiro atoms. The van der Waals surface area contributed by atoms with Gasteiger partial charge >= 0.3 is 0 Å². The molecule has 15 N–H and O–H groups in total. The van der Waals surface area contributed by atoms with Crippen LogP contribution in [0.15, 0.2) is 11.6 Å². The van der Waals surface area contributed by atoms with E-state index in [1.165, 1.54) is 0 Å². The van der Waals surface area contributed by atoms with Gasteiger partial charge in [-0.25, -0.2) is 0 Å². The number of hydrogen-bond donors (Lipinski definition) is 15. The number of fused-ring (bicyclic) bond motifs is 5. The van der Waals surface area contributed by atoms with E-state index in [1.54, 1.807) is 0 Å². The first-order chi connectivity index (χ1) is 36.0. The Labute approximate surface area is 450 Å². The van der Waals surface area contributed by atoms with Crippen LogP contribution in [-0.4, -0.2) is 244 Å². The molecule has 0 bridgehead atoms. The van der Waals surface area contributed by atoms with Crippen molar-refractivity contribution in [3.8, 4) is 0 Å². The first kappa shape index (κ1) is 61.9. The van der Waals surface area contributed by atoms with Crippen molar-refractivity contribution >= 4 is 0 Å². The summed E-state index contributed by atoms with van der Waals surface area (Å²) in [4.78, 5) is 0. The maximum atomic E-state index is 12.8. The third-order valence-electron chi connectivity index (χ3n) is 20.9. The van der Waals surface area contributed by atoms with Crippen molar-refractivity contribution in [2.45, 2.75) is 254 Å². The highest BCUT2D eigenvalue weighted by molar-refractivity contribution is 5.20. The molecular formula is C54H92O23. The van der Waals surface area contributed by atoms with E-state index in [4.69, 9.17) is 37.9 Å². The second-order valence-corrected chi connectivity index (χ2v) is 25.7. The van der Waals surface area contributed by atoms with Crippen molar-refractivity contribution in [1.82, 2.24) is 0 Å². The van der Waals surface area contributed by atoms with Gasteiger partial charge in [0.1, 0.15) is 97.7 Å². The zero-order chi connectivity index (χ0) is 56.6. The summed E-state index contributed by atoms with van der Waals surface area (Å²) in [7, 11) is 0. The fourth-order valence-corrected chi connectivity index (χ4v) is 16.3. The SMILES string of the molecule is CC(C)=CCCC(C)(O[C@@H]1O[C@H](CO[C@@H]2O[C@H](CO)[C@@H](O)[C@@H](O)[C@H]2O)[C@@H](O)[C@@H](O)[C@H]1O)C1CCC2(C)[C@@H]1C(O)CC1[C@@]3(C)CC[C@H](O[C@@H]4O[C@H](CO)[C@@H](O)[C@@H](O)[C@H]4O[C@@H]4O[C@H](CO)[C@@H](O)[C@@H](O)[C@H]4O)C(C)(C)C3CC[C@]12C. The lowest BCUT2D eigenvalue weighted by Crippen LogP contribution is -2.68. The molecule has 4 aliphatic heterocycles. The minimum atomic E-state index is -1.82. The van der Waals surface area contributed by atoms with E-state index in [9.17, 15) is 76.6 Å². The average Bonchev–Trinajstić information content (AvgIpc) is 3.96. The molecule has 0 amide bonds. The van der Waals surface area contributed by atoms with E-state index in [2.05, 4.69) is 40.7 Å². The van der Waals surface area contributed by atoms with Crippen LogP contribution in [0.1, 0.15) is 113 Å². The lowest BCUT2D eigenvalue weighted by molar-refractivity contribution is -0.378. The van der Waals surface area contributed by atoms with Gasteiger partial charge in [-0.2, -0.15) is 0 Å². The number of allylic oxidation sites excluding steroid dienone is 2. The molecule has 30 atom stereocenters. The Morgan fingerprint density at radius 1 is 0.545 bits per heavy atom. The Bertz CT molecular complexity index is 1990. The van der Waals surface area contributed by atoms with Crippen LogP contribution in [-0.2, 0) is 37.9 Å². The number of aliphatic hydroxyl groups is 15. The van der Waals surface area contributed by atoms with Gasteiger partial charge in [0.05, 0.1) is 44.2 Å². The van der Waals surface area contributed by atoms with Gasteiger partial charge in [0.25, 0.3) is 0 Å². The van der Waals surface area contributed by atoms with E-state index in [0.29, 0.717) is 38.5 Å². The van der Waals surface area contributed by atoms with E-state index in [-0.39, 0.29) is 34.5 Å². The molecule has 0 aromatic carbocycles. The zero-order valence-corrected chi connectivity index (χ0v) is 45.8. The van der Waals surface area contributed by atoms with Crippen molar-refractivity contribution in [3.05, 3.63) is 11.6 Å². The van der Waals surface area contributed by atoms with E-state index in [1.807, 2.05) is 20.8 Å². The predicted molar refractivity (Wildman–Crippen MR) is 266 cm³/mol. The van der Waals surface area contributed by atoms with Crippen LogP contribution < -0.4 is 0 Å². The molecule has 4 saturated carbocycles. The lowest BCUT2D eigenvalue weighted by atomic mass is 9.35. The standard InChI is InChI=1S/C54H92O23/c1-23(2)10-9-14-54(8,77-48-44(69)40(65)37(62)29(74-48)22-70-46-42(67)38(63)34(59)26(19-55)71-46)24-11-16-53(7)33(24)25(58)18-31-51(5)15-13-32(50(3,4)30(51)12-17-52(31,53)6)75-49-45(41(66)36(61)28(21-57)73-49)76-47-43(68)39(64)35(60)27(20-56)72-47/h10,24-49,55-69H,9,11-22H2,1-8H3/t24?,25?,26-,27-,28-,29-,30?,31?,32+,33+,34-,35-,36-,37-,38-,39-,40-,41-,42-,43-,44-,45-,46-,47+,48+,49+,51+,52-,53?,54?/m1/s1. The normalized spacial score (nSPS) is 52.7. The third-order valence-corrected chi connectivity index (χ3v) is 20.9. The fraction of sp³-hybridized carbons (Fsp3) is 0.963. The molecule has 8 rings (SSSR count). The number of aliphatic hydroxyl groups excluding tert-OH is 15. The maximum Gasteiger partial charge on any atom is 0.187 e. The van der Waals surface area contributed by atoms with Crippen LogP contribution in [0.2, 0.25) is 0 Å².